The molecule has 0 fully saturated rings. The SMILES string of the molecule is Cc1ccc(S(=O)(=O)O)cc1.NC(=NN=Cc1c([N+](=O)[O-])ccc(Cl)c1[N+](=O)[O-])NO. The van der Waals surface area contributed by atoms with Crippen molar-refractivity contribution in [3.05, 3.63) is 72.8 Å². The molecule has 5 N–H and O–H groups in total. The molecule has 0 bridgehead atoms. The van der Waals surface area contributed by atoms with Crippen molar-refractivity contribution in [1.82, 2.24) is 5.48 Å². The number of aryl methyl sites for hydroxylation is 1. The lowest BCUT2D eigenvalue weighted by Crippen LogP contribution is -2.27. The fraction of sp³-hybridized carbons (Fsp3) is 0.0667. The van der Waals surface area contributed by atoms with Gasteiger partial charge in [0.05, 0.1) is 21.0 Å². The Balaban J connectivity index is 0.000000367. The second-order valence-corrected chi connectivity index (χ2v) is 7.30. The second kappa shape index (κ2) is 10.9. The van der Waals surface area contributed by atoms with Crippen LogP contribution in [0.2, 0.25) is 5.02 Å². The van der Waals surface area contributed by atoms with Crippen LogP contribution < -0.4 is 11.2 Å². The van der Waals surface area contributed by atoms with Crippen molar-refractivity contribution < 1.29 is 28.0 Å². The number of nitrogens with one attached hydrogen (secondary N) is 1. The lowest BCUT2D eigenvalue weighted by Gasteiger charge is -2.00. The first-order valence-corrected chi connectivity index (χ1v) is 9.62. The topological polar surface area (TPSA) is 224 Å². The summed E-state index contributed by atoms with van der Waals surface area (Å²) in [4.78, 5) is 19.9. The van der Waals surface area contributed by atoms with E-state index in [-0.39, 0.29) is 9.92 Å². The highest BCUT2D eigenvalue weighted by Gasteiger charge is 2.27. The number of guanidine groups is 1. The number of nitro groups is 2. The number of benzene rings is 2. The Kier molecular flexibility index (Phi) is 8.95. The summed E-state index contributed by atoms with van der Waals surface area (Å²) in [5.74, 6) is -0.506. The fourth-order valence-electron chi connectivity index (χ4n) is 1.92. The van der Waals surface area contributed by atoms with E-state index in [0.717, 1.165) is 23.9 Å². The summed E-state index contributed by atoms with van der Waals surface area (Å²) in [6.07, 6.45) is 0.742. The maximum absolute atomic E-state index is 10.9. The van der Waals surface area contributed by atoms with Gasteiger partial charge in [0.2, 0.25) is 5.96 Å². The van der Waals surface area contributed by atoms with Crippen LogP contribution in [-0.4, -0.2) is 40.2 Å². The van der Waals surface area contributed by atoms with Crippen LogP contribution in [0.4, 0.5) is 11.4 Å². The Morgan fingerprint density at radius 1 is 1.16 bits per heavy atom. The molecule has 0 aliphatic heterocycles. The maximum atomic E-state index is 10.9. The van der Waals surface area contributed by atoms with Gasteiger partial charge in [0, 0.05) is 6.07 Å². The van der Waals surface area contributed by atoms with E-state index in [1.165, 1.54) is 17.6 Å². The summed E-state index contributed by atoms with van der Waals surface area (Å²) >= 11 is 5.63. The van der Waals surface area contributed by atoms with Gasteiger partial charge >= 0.3 is 5.69 Å². The number of nitrogens with two attached hydrogens (primary N) is 1. The summed E-state index contributed by atoms with van der Waals surface area (Å²) in [6, 6.07) is 8.01. The molecule has 2 aromatic rings. The van der Waals surface area contributed by atoms with E-state index in [0.29, 0.717) is 0 Å². The van der Waals surface area contributed by atoms with Crippen LogP contribution in [0.5, 0.6) is 0 Å². The number of hydrogen-bond acceptors (Lipinski definition) is 9. The van der Waals surface area contributed by atoms with Crippen molar-refractivity contribution in [2.45, 2.75) is 11.8 Å². The van der Waals surface area contributed by atoms with E-state index in [2.05, 4.69) is 10.2 Å². The third-order valence-electron chi connectivity index (χ3n) is 3.31. The number of halogens is 1. The highest BCUT2D eigenvalue weighted by molar-refractivity contribution is 7.85. The number of hydrogen-bond donors (Lipinski definition) is 4. The van der Waals surface area contributed by atoms with Crippen molar-refractivity contribution in [1.29, 1.82) is 0 Å². The van der Waals surface area contributed by atoms with Crippen molar-refractivity contribution >= 4 is 45.3 Å². The molecule has 0 amide bonds. The van der Waals surface area contributed by atoms with Gasteiger partial charge in [0.15, 0.2) is 5.56 Å². The number of hydroxylamine groups is 1. The molecule has 0 radical (unpaired) electrons. The Morgan fingerprint density at radius 2 is 1.74 bits per heavy atom. The van der Waals surface area contributed by atoms with Gasteiger partial charge in [-0.2, -0.15) is 13.5 Å². The molecule has 16 heteroatoms. The summed E-state index contributed by atoms with van der Waals surface area (Å²) in [5.41, 5.74) is 5.76. The van der Waals surface area contributed by atoms with Crippen molar-refractivity contribution in [3.63, 3.8) is 0 Å². The Morgan fingerprint density at radius 3 is 2.19 bits per heavy atom. The standard InChI is InChI=1S/C8H7ClN6O5.C7H8O3S/c9-5-1-2-6(14(17)18)4(7(5)15(19)20)3-11-12-8(10)13-16;1-6-2-4-7(5-3-6)11(8,9)10/h1-3,16H,(H3,10,12,13);2-5H,1H3,(H,8,9,10). The van der Waals surface area contributed by atoms with E-state index in [1.54, 1.807) is 12.1 Å². The fourth-order valence-corrected chi connectivity index (χ4v) is 2.64. The van der Waals surface area contributed by atoms with Crippen molar-refractivity contribution in [2.75, 3.05) is 0 Å². The van der Waals surface area contributed by atoms with Gasteiger partial charge in [-0.25, -0.2) is 5.48 Å². The number of rotatable bonds is 5. The molecule has 166 valence electrons. The average Bonchev–Trinajstić information content (AvgIpc) is 2.67. The lowest BCUT2D eigenvalue weighted by atomic mass is 10.1. The molecule has 0 saturated carbocycles. The van der Waals surface area contributed by atoms with Crippen LogP contribution in [-0.2, 0) is 10.1 Å². The number of nitrogens with zero attached hydrogens (tertiary/aromatic N) is 4. The summed E-state index contributed by atoms with van der Waals surface area (Å²) in [6.45, 7) is 1.84. The molecule has 0 aliphatic carbocycles. The molecule has 0 unspecified atom stereocenters. The summed E-state index contributed by atoms with van der Waals surface area (Å²) in [5, 5.41) is 36.2. The van der Waals surface area contributed by atoms with Crippen molar-refractivity contribution in [3.8, 4) is 0 Å². The molecule has 2 aromatic carbocycles. The summed E-state index contributed by atoms with van der Waals surface area (Å²) in [7, 11) is -4.02. The van der Waals surface area contributed by atoms with Crippen LogP contribution in [0.1, 0.15) is 11.1 Å². The quantitative estimate of drug-likeness (QED) is 0.162. The first kappa shape index (κ1) is 25.4. The average molecular weight is 475 g/mol. The Labute approximate surface area is 179 Å². The highest BCUT2D eigenvalue weighted by Crippen LogP contribution is 2.33. The Hall–Kier alpha value is -3.66. The van der Waals surface area contributed by atoms with Gasteiger partial charge in [0.1, 0.15) is 5.02 Å². The monoisotopic (exact) mass is 474 g/mol. The van der Waals surface area contributed by atoms with E-state index < -0.39 is 42.9 Å². The Bertz CT molecular complexity index is 1130. The molecule has 0 saturated heterocycles. The van der Waals surface area contributed by atoms with Crippen LogP contribution in [0.3, 0.4) is 0 Å². The molecular formula is C15H15ClN6O8S. The molecule has 0 heterocycles. The lowest BCUT2D eigenvalue weighted by molar-refractivity contribution is -0.394. The highest BCUT2D eigenvalue weighted by atomic mass is 35.5. The molecule has 2 rings (SSSR count). The zero-order valence-electron chi connectivity index (χ0n) is 15.5. The molecule has 0 aromatic heterocycles. The third-order valence-corrected chi connectivity index (χ3v) is 4.48. The number of nitro benzene ring substituents is 2. The first-order chi connectivity index (χ1) is 14.4. The van der Waals surface area contributed by atoms with E-state index in [4.69, 9.17) is 27.1 Å². The van der Waals surface area contributed by atoms with E-state index in [9.17, 15) is 28.6 Å². The largest absolute Gasteiger partial charge is 0.367 e. The zero-order valence-corrected chi connectivity index (χ0v) is 17.1. The molecular weight excluding hydrogens is 460 g/mol. The predicted octanol–water partition coefficient (Wildman–Crippen LogP) is 2.03. The smallest absolute Gasteiger partial charge is 0.303 e. The van der Waals surface area contributed by atoms with E-state index >= 15 is 0 Å². The third kappa shape index (κ3) is 7.59. The van der Waals surface area contributed by atoms with Crippen LogP contribution >= 0.6 is 11.6 Å². The maximum Gasteiger partial charge on any atom is 0.303 e. The van der Waals surface area contributed by atoms with Gasteiger partial charge in [-0.05, 0) is 25.1 Å². The van der Waals surface area contributed by atoms with Gasteiger partial charge in [-0.15, -0.1) is 5.10 Å². The predicted molar refractivity (Wildman–Crippen MR) is 110 cm³/mol. The molecule has 0 atom stereocenters. The zero-order chi connectivity index (χ0) is 23.8. The van der Waals surface area contributed by atoms with Crippen LogP contribution in [0.25, 0.3) is 0 Å². The molecule has 31 heavy (non-hydrogen) atoms. The molecule has 14 nitrogen and oxygen atoms in total. The molecule has 0 aliphatic rings. The van der Waals surface area contributed by atoms with Gasteiger partial charge in [0.25, 0.3) is 15.8 Å². The van der Waals surface area contributed by atoms with Crippen LogP contribution in [0.15, 0.2) is 51.5 Å². The summed E-state index contributed by atoms with van der Waals surface area (Å²) < 4.78 is 29.6. The van der Waals surface area contributed by atoms with E-state index in [1.807, 2.05) is 6.92 Å². The first-order valence-electron chi connectivity index (χ1n) is 7.80. The van der Waals surface area contributed by atoms with Gasteiger partial charge in [-0.3, -0.25) is 30.0 Å². The van der Waals surface area contributed by atoms with Gasteiger partial charge in [-0.1, -0.05) is 29.3 Å². The minimum atomic E-state index is -4.02. The minimum absolute atomic E-state index is 0.0666. The molecule has 0 spiro atoms. The second-order valence-electron chi connectivity index (χ2n) is 5.47. The van der Waals surface area contributed by atoms with Crippen LogP contribution in [0, 0.1) is 27.2 Å². The minimum Gasteiger partial charge on any atom is -0.367 e. The van der Waals surface area contributed by atoms with Gasteiger partial charge < -0.3 is 5.73 Å². The van der Waals surface area contributed by atoms with Crippen molar-refractivity contribution in [2.24, 2.45) is 15.9 Å². The normalized spacial score (nSPS) is 11.5.